The van der Waals surface area contributed by atoms with Crippen LogP contribution in [-0.2, 0) is 25.6 Å². The number of carbonyl (C=O) groups is 1. The minimum absolute atomic E-state index is 0.144. The lowest BCUT2D eigenvalue weighted by atomic mass is 9.74. The highest BCUT2D eigenvalue weighted by Crippen LogP contribution is 2.39. The normalized spacial score (nSPS) is 26.4. The smallest absolute Gasteiger partial charge is 0.135 e. The predicted molar refractivity (Wildman–Crippen MR) is 99.9 cm³/mol. The van der Waals surface area contributed by atoms with Gasteiger partial charge in [-0.05, 0) is 5.56 Å². The van der Waals surface area contributed by atoms with Crippen molar-refractivity contribution in [1.82, 2.24) is 0 Å². The Morgan fingerprint density at radius 3 is 2.65 bits per heavy atom. The van der Waals surface area contributed by atoms with E-state index >= 15 is 0 Å². The molecule has 0 aliphatic carbocycles. The number of benzene rings is 1. The monoisotopic (exact) mass is 364 g/mol. The van der Waals surface area contributed by atoms with Gasteiger partial charge in [0.05, 0.1) is 31.5 Å². The fourth-order valence-corrected chi connectivity index (χ4v) is 3.28. The van der Waals surface area contributed by atoms with Gasteiger partial charge in [0, 0.05) is 31.8 Å². The Morgan fingerprint density at radius 1 is 1.35 bits per heavy atom. The number of aliphatic hydroxyl groups excluding tert-OH is 1. The minimum Gasteiger partial charge on any atom is -0.392 e. The topological polar surface area (TPSA) is 65.0 Å². The minimum atomic E-state index is -0.553. The number of ether oxygens (including phenoxy) is 3. The molecule has 0 bridgehead atoms. The number of aliphatic hydroxyl groups is 1. The molecule has 1 N–H and O–H groups in total. The van der Waals surface area contributed by atoms with Crippen LogP contribution in [0.2, 0.25) is 0 Å². The lowest BCUT2D eigenvalue weighted by Crippen LogP contribution is -2.54. The number of rotatable bonds is 9. The van der Waals surface area contributed by atoms with Gasteiger partial charge in [0.25, 0.3) is 0 Å². The van der Waals surface area contributed by atoms with Crippen molar-refractivity contribution in [2.24, 2.45) is 5.41 Å². The van der Waals surface area contributed by atoms with E-state index in [9.17, 15) is 9.90 Å². The number of hydrogen-bond acceptors (Lipinski definition) is 5. The Morgan fingerprint density at radius 2 is 2.04 bits per heavy atom. The number of ketones is 1. The zero-order valence-electron chi connectivity index (χ0n) is 16.3. The Kier molecular flexibility index (Phi) is 7.77. The highest BCUT2D eigenvalue weighted by Gasteiger charge is 2.46. The molecule has 1 aliphatic heterocycles. The molecule has 1 aromatic rings. The van der Waals surface area contributed by atoms with E-state index in [0.717, 1.165) is 5.56 Å². The maximum Gasteiger partial charge on any atom is 0.135 e. The van der Waals surface area contributed by atoms with Crippen LogP contribution in [0.3, 0.4) is 0 Å². The molecule has 0 amide bonds. The van der Waals surface area contributed by atoms with Gasteiger partial charge in [-0.25, -0.2) is 0 Å². The lowest BCUT2D eigenvalue weighted by Gasteiger charge is -2.47. The van der Waals surface area contributed by atoms with Gasteiger partial charge in [-0.1, -0.05) is 51.1 Å². The van der Waals surface area contributed by atoms with Gasteiger partial charge < -0.3 is 19.3 Å². The van der Waals surface area contributed by atoms with Crippen LogP contribution >= 0.6 is 0 Å². The van der Waals surface area contributed by atoms with E-state index < -0.39 is 11.5 Å². The molecule has 1 aliphatic rings. The summed E-state index contributed by atoms with van der Waals surface area (Å²) in [7, 11) is 1.62. The lowest BCUT2D eigenvalue weighted by molar-refractivity contribution is -0.210. The van der Waals surface area contributed by atoms with Crippen LogP contribution in [0, 0.1) is 5.41 Å². The van der Waals surface area contributed by atoms with Crippen LogP contribution in [0.25, 0.3) is 0 Å². The molecule has 1 aromatic carbocycles. The van der Waals surface area contributed by atoms with Gasteiger partial charge in [0.2, 0.25) is 0 Å². The van der Waals surface area contributed by atoms with Gasteiger partial charge in [0.1, 0.15) is 11.9 Å². The Hall–Kier alpha value is -1.27. The quantitative estimate of drug-likeness (QED) is 0.729. The molecule has 1 saturated heterocycles. The zero-order chi connectivity index (χ0) is 19.2. The number of methoxy groups -OCH3 is 1. The molecule has 26 heavy (non-hydrogen) atoms. The van der Waals surface area contributed by atoms with Crippen molar-refractivity contribution >= 4 is 5.78 Å². The molecule has 0 unspecified atom stereocenters. The maximum absolute atomic E-state index is 11.9. The first-order valence-electron chi connectivity index (χ1n) is 9.38. The SMILES string of the molecule is CCC(=O)C[C@H]1O[C@H]([C@@H](COCc2ccccc2)OC)C[C@@H](O)C1(C)C. The second-order valence-corrected chi connectivity index (χ2v) is 7.61. The van der Waals surface area contributed by atoms with Crippen molar-refractivity contribution in [3.8, 4) is 0 Å². The van der Waals surface area contributed by atoms with E-state index in [1.54, 1.807) is 7.11 Å². The van der Waals surface area contributed by atoms with Crippen molar-refractivity contribution in [3.63, 3.8) is 0 Å². The molecule has 5 nitrogen and oxygen atoms in total. The fourth-order valence-electron chi connectivity index (χ4n) is 3.28. The van der Waals surface area contributed by atoms with Gasteiger partial charge in [-0.2, -0.15) is 0 Å². The van der Waals surface area contributed by atoms with Crippen LogP contribution in [0.4, 0.5) is 0 Å². The summed E-state index contributed by atoms with van der Waals surface area (Å²) >= 11 is 0. The molecule has 0 spiro atoms. The summed E-state index contributed by atoms with van der Waals surface area (Å²) in [4.78, 5) is 11.9. The predicted octanol–water partition coefficient (Wildman–Crippen LogP) is 3.13. The van der Waals surface area contributed by atoms with Crippen molar-refractivity contribution in [2.45, 2.75) is 71.1 Å². The second kappa shape index (κ2) is 9.60. The third kappa shape index (κ3) is 5.36. The van der Waals surface area contributed by atoms with E-state index in [1.165, 1.54) is 0 Å². The summed E-state index contributed by atoms with van der Waals surface area (Å²) in [6, 6.07) is 9.95. The summed E-state index contributed by atoms with van der Waals surface area (Å²) in [5, 5.41) is 10.6. The Balaban J connectivity index is 1.96. The van der Waals surface area contributed by atoms with Crippen molar-refractivity contribution in [3.05, 3.63) is 35.9 Å². The van der Waals surface area contributed by atoms with Crippen LogP contribution < -0.4 is 0 Å². The molecule has 0 saturated carbocycles. The molecule has 0 radical (unpaired) electrons. The summed E-state index contributed by atoms with van der Waals surface area (Å²) < 4.78 is 17.6. The van der Waals surface area contributed by atoms with Gasteiger partial charge in [-0.15, -0.1) is 0 Å². The summed E-state index contributed by atoms with van der Waals surface area (Å²) in [5.41, 5.74) is 0.629. The van der Waals surface area contributed by atoms with E-state index in [0.29, 0.717) is 32.5 Å². The van der Waals surface area contributed by atoms with Crippen LogP contribution in [0.15, 0.2) is 30.3 Å². The third-order valence-electron chi connectivity index (χ3n) is 5.40. The van der Waals surface area contributed by atoms with Gasteiger partial charge in [-0.3, -0.25) is 4.79 Å². The molecular weight excluding hydrogens is 332 g/mol. The molecule has 5 heteroatoms. The summed E-state index contributed by atoms with van der Waals surface area (Å²) in [5.74, 6) is 0.144. The standard InChI is InChI=1S/C21H32O5/c1-5-16(22)11-20-21(2,3)19(23)12-17(26-20)18(24-4)14-25-13-15-9-7-6-8-10-15/h6-10,17-20,23H,5,11-14H2,1-4H3/t17-,18+,19+,20+/m0/s1. The van der Waals surface area contributed by atoms with Crippen molar-refractivity contribution in [2.75, 3.05) is 13.7 Å². The summed E-state index contributed by atoms with van der Waals surface area (Å²) in [6.45, 7) is 6.63. The first-order valence-corrected chi connectivity index (χ1v) is 9.38. The van der Waals surface area contributed by atoms with Crippen LogP contribution in [0.5, 0.6) is 0 Å². The Labute approximate surface area is 156 Å². The molecule has 146 valence electrons. The van der Waals surface area contributed by atoms with Gasteiger partial charge >= 0.3 is 0 Å². The highest BCUT2D eigenvalue weighted by molar-refractivity contribution is 5.78. The first-order chi connectivity index (χ1) is 12.4. The molecule has 4 atom stereocenters. The first kappa shape index (κ1) is 21.0. The second-order valence-electron chi connectivity index (χ2n) is 7.61. The number of carbonyl (C=O) groups excluding carboxylic acids is 1. The van der Waals surface area contributed by atoms with E-state index in [4.69, 9.17) is 14.2 Å². The zero-order valence-corrected chi connectivity index (χ0v) is 16.3. The largest absolute Gasteiger partial charge is 0.392 e. The van der Waals surface area contributed by atoms with Crippen LogP contribution in [0.1, 0.15) is 45.6 Å². The number of Topliss-reactive ketones (excluding diaryl/α,β-unsaturated/α-hetero) is 1. The fraction of sp³-hybridized carbons (Fsp3) is 0.667. The maximum atomic E-state index is 11.9. The van der Waals surface area contributed by atoms with Crippen molar-refractivity contribution in [1.29, 1.82) is 0 Å². The van der Waals surface area contributed by atoms with Crippen molar-refractivity contribution < 1.29 is 24.1 Å². The summed E-state index contributed by atoms with van der Waals surface area (Å²) in [6.07, 6.45) is -0.199. The van der Waals surface area contributed by atoms with E-state index in [1.807, 2.05) is 51.1 Å². The van der Waals surface area contributed by atoms with E-state index in [-0.39, 0.29) is 24.1 Å². The third-order valence-corrected chi connectivity index (χ3v) is 5.40. The molecule has 2 rings (SSSR count). The molecular formula is C21H32O5. The molecule has 1 fully saturated rings. The van der Waals surface area contributed by atoms with Gasteiger partial charge in [0.15, 0.2) is 0 Å². The number of hydrogen-bond donors (Lipinski definition) is 1. The average molecular weight is 364 g/mol. The average Bonchev–Trinajstić information content (AvgIpc) is 2.63. The van der Waals surface area contributed by atoms with E-state index in [2.05, 4.69) is 0 Å². The van der Waals surface area contributed by atoms with Crippen LogP contribution in [-0.4, -0.2) is 49.0 Å². The Bertz CT molecular complexity index is 557. The molecule has 1 heterocycles. The highest BCUT2D eigenvalue weighted by atomic mass is 16.6. The molecule has 0 aromatic heterocycles.